The van der Waals surface area contributed by atoms with Gasteiger partial charge >= 0.3 is 0 Å². The number of rotatable bonds is 5. The Bertz CT molecular complexity index is 516. The fourth-order valence-electron chi connectivity index (χ4n) is 2.57. The van der Waals surface area contributed by atoms with Crippen molar-refractivity contribution >= 4 is 11.6 Å². The van der Waals surface area contributed by atoms with E-state index in [-0.39, 0.29) is 17.2 Å². The van der Waals surface area contributed by atoms with E-state index in [4.69, 9.17) is 5.73 Å². The molecule has 1 unspecified atom stereocenters. The normalized spacial score (nSPS) is 16.9. The summed E-state index contributed by atoms with van der Waals surface area (Å²) < 4.78 is 26.6. The minimum atomic E-state index is -0.897. The fraction of sp³-hybridized carbons (Fsp3) is 0.533. The summed E-state index contributed by atoms with van der Waals surface area (Å²) in [4.78, 5) is 14.3. The lowest BCUT2D eigenvalue weighted by molar-refractivity contribution is 0.0941. The second-order valence-corrected chi connectivity index (χ2v) is 5.68. The molecule has 0 saturated carbocycles. The molecule has 1 aliphatic rings. The van der Waals surface area contributed by atoms with Gasteiger partial charge in [-0.2, -0.15) is 0 Å². The van der Waals surface area contributed by atoms with Crippen LogP contribution in [0.3, 0.4) is 0 Å². The number of likely N-dealkylation sites (tertiary alicyclic amines) is 1. The smallest absolute Gasteiger partial charge is 0.254 e. The molecule has 1 aromatic rings. The van der Waals surface area contributed by atoms with Gasteiger partial charge in [-0.25, -0.2) is 8.78 Å². The summed E-state index contributed by atoms with van der Waals surface area (Å²) in [7, 11) is 0. The number of carbonyl (C=O) groups is 1. The minimum Gasteiger partial charge on any atom is -0.396 e. The molecular weight excluding hydrogens is 276 g/mol. The topological polar surface area (TPSA) is 58.4 Å². The Morgan fingerprint density at radius 2 is 2.00 bits per heavy atom. The molecule has 1 aliphatic heterocycles. The van der Waals surface area contributed by atoms with Crippen LogP contribution in [0.25, 0.3) is 0 Å². The molecule has 1 heterocycles. The third-order valence-electron chi connectivity index (χ3n) is 3.71. The van der Waals surface area contributed by atoms with E-state index in [0.717, 1.165) is 25.7 Å². The number of anilines is 1. The maximum atomic E-state index is 13.6. The Morgan fingerprint density at radius 1 is 1.33 bits per heavy atom. The summed E-state index contributed by atoms with van der Waals surface area (Å²) in [5.74, 6) is -2.04. The highest BCUT2D eigenvalue weighted by molar-refractivity contribution is 5.95. The standard InChI is InChI=1S/C15H21F2N3O/c1-10(9-20-4-2-3-5-20)8-19-15(21)11-6-14(18)13(17)7-12(11)16/h6-7,10H,2-5,8-9,18H2,1H3,(H,19,21). The van der Waals surface area contributed by atoms with Crippen LogP contribution < -0.4 is 11.1 Å². The molecule has 1 aromatic carbocycles. The number of nitrogens with one attached hydrogen (secondary N) is 1. The predicted octanol–water partition coefficient (Wildman–Crippen LogP) is 2.01. The molecule has 1 amide bonds. The molecule has 3 N–H and O–H groups in total. The Hall–Kier alpha value is -1.69. The number of nitrogens with two attached hydrogens (primary N) is 1. The molecule has 0 spiro atoms. The Morgan fingerprint density at radius 3 is 2.67 bits per heavy atom. The molecule has 1 fully saturated rings. The summed E-state index contributed by atoms with van der Waals surface area (Å²) in [5.41, 5.74) is 4.91. The largest absolute Gasteiger partial charge is 0.396 e. The van der Waals surface area contributed by atoms with E-state index >= 15 is 0 Å². The summed E-state index contributed by atoms with van der Waals surface area (Å²) >= 11 is 0. The zero-order chi connectivity index (χ0) is 15.4. The number of hydrogen-bond acceptors (Lipinski definition) is 3. The first-order valence-corrected chi connectivity index (χ1v) is 7.22. The van der Waals surface area contributed by atoms with Crippen molar-refractivity contribution in [2.75, 3.05) is 31.9 Å². The Balaban J connectivity index is 1.87. The van der Waals surface area contributed by atoms with Gasteiger partial charge in [0.05, 0.1) is 11.3 Å². The monoisotopic (exact) mass is 297 g/mol. The number of benzene rings is 1. The summed E-state index contributed by atoms with van der Waals surface area (Å²) in [6.45, 7) is 5.59. The predicted molar refractivity (Wildman–Crippen MR) is 77.9 cm³/mol. The van der Waals surface area contributed by atoms with Crippen LogP contribution in [0.4, 0.5) is 14.5 Å². The van der Waals surface area contributed by atoms with Gasteiger partial charge in [0.15, 0.2) is 0 Å². The molecule has 6 heteroatoms. The first kappa shape index (κ1) is 15.7. The van der Waals surface area contributed by atoms with E-state index in [1.807, 2.05) is 6.92 Å². The second kappa shape index (κ2) is 6.85. The molecule has 0 aromatic heterocycles. The molecule has 0 bridgehead atoms. The van der Waals surface area contributed by atoms with Gasteiger partial charge in [-0.3, -0.25) is 4.79 Å². The van der Waals surface area contributed by atoms with Crippen LogP contribution in [0.5, 0.6) is 0 Å². The van der Waals surface area contributed by atoms with E-state index in [2.05, 4.69) is 10.2 Å². The molecule has 2 rings (SSSR count). The van der Waals surface area contributed by atoms with Crippen LogP contribution in [0.1, 0.15) is 30.1 Å². The zero-order valence-corrected chi connectivity index (χ0v) is 12.2. The molecular formula is C15H21F2N3O. The summed E-state index contributed by atoms with van der Waals surface area (Å²) in [5, 5.41) is 2.68. The minimum absolute atomic E-state index is 0.220. The molecule has 1 atom stereocenters. The van der Waals surface area contributed by atoms with E-state index in [9.17, 15) is 13.6 Å². The number of halogens is 2. The average molecular weight is 297 g/mol. The number of amides is 1. The van der Waals surface area contributed by atoms with E-state index in [1.165, 1.54) is 12.8 Å². The molecule has 1 saturated heterocycles. The van der Waals surface area contributed by atoms with Gasteiger partial charge in [-0.1, -0.05) is 6.92 Å². The van der Waals surface area contributed by atoms with Gasteiger partial charge in [0.25, 0.3) is 5.91 Å². The number of nitrogens with zero attached hydrogens (tertiary/aromatic N) is 1. The maximum Gasteiger partial charge on any atom is 0.254 e. The SMILES string of the molecule is CC(CNC(=O)c1cc(N)c(F)cc1F)CN1CCCC1. The zero-order valence-electron chi connectivity index (χ0n) is 12.2. The van der Waals surface area contributed by atoms with Crippen LogP contribution in [0, 0.1) is 17.6 Å². The lowest BCUT2D eigenvalue weighted by Gasteiger charge is -2.20. The van der Waals surface area contributed by atoms with E-state index in [0.29, 0.717) is 12.6 Å². The molecule has 0 radical (unpaired) electrons. The van der Waals surface area contributed by atoms with Crippen molar-refractivity contribution < 1.29 is 13.6 Å². The highest BCUT2D eigenvalue weighted by atomic mass is 19.1. The highest BCUT2D eigenvalue weighted by Gasteiger charge is 2.18. The van der Waals surface area contributed by atoms with Crippen molar-refractivity contribution in [3.8, 4) is 0 Å². The lowest BCUT2D eigenvalue weighted by Crippen LogP contribution is -2.34. The van der Waals surface area contributed by atoms with Crippen molar-refractivity contribution in [1.29, 1.82) is 0 Å². The van der Waals surface area contributed by atoms with Crippen molar-refractivity contribution in [3.05, 3.63) is 29.3 Å². The van der Waals surface area contributed by atoms with Crippen LogP contribution in [0.15, 0.2) is 12.1 Å². The van der Waals surface area contributed by atoms with Crippen LogP contribution in [0.2, 0.25) is 0 Å². The van der Waals surface area contributed by atoms with Gasteiger partial charge < -0.3 is 16.0 Å². The van der Waals surface area contributed by atoms with Crippen LogP contribution >= 0.6 is 0 Å². The Kier molecular flexibility index (Phi) is 5.12. The van der Waals surface area contributed by atoms with Gasteiger partial charge in [0.1, 0.15) is 11.6 Å². The van der Waals surface area contributed by atoms with Crippen molar-refractivity contribution in [2.45, 2.75) is 19.8 Å². The summed E-state index contributed by atoms with van der Waals surface area (Å²) in [6.07, 6.45) is 2.44. The second-order valence-electron chi connectivity index (χ2n) is 5.68. The number of hydrogen-bond donors (Lipinski definition) is 2. The molecule has 0 aliphatic carbocycles. The van der Waals surface area contributed by atoms with Gasteiger partial charge in [-0.15, -0.1) is 0 Å². The van der Waals surface area contributed by atoms with Crippen molar-refractivity contribution in [1.82, 2.24) is 10.2 Å². The Labute approximate surface area is 123 Å². The summed E-state index contributed by atoms with van der Waals surface area (Å²) in [6, 6.07) is 1.67. The number of carbonyl (C=O) groups excluding carboxylic acids is 1. The third kappa shape index (κ3) is 4.14. The highest BCUT2D eigenvalue weighted by Crippen LogP contribution is 2.16. The molecule has 21 heavy (non-hydrogen) atoms. The van der Waals surface area contributed by atoms with Crippen molar-refractivity contribution in [2.24, 2.45) is 5.92 Å². The van der Waals surface area contributed by atoms with E-state index < -0.39 is 17.5 Å². The van der Waals surface area contributed by atoms with E-state index in [1.54, 1.807) is 0 Å². The fourth-order valence-corrected chi connectivity index (χ4v) is 2.57. The maximum absolute atomic E-state index is 13.6. The van der Waals surface area contributed by atoms with Gasteiger partial charge in [0.2, 0.25) is 0 Å². The first-order chi connectivity index (χ1) is 9.97. The number of nitrogen functional groups attached to an aromatic ring is 1. The lowest BCUT2D eigenvalue weighted by atomic mass is 10.1. The first-order valence-electron chi connectivity index (χ1n) is 7.22. The van der Waals surface area contributed by atoms with Gasteiger partial charge in [-0.05, 0) is 37.9 Å². The molecule has 116 valence electrons. The van der Waals surface area contributed by atoms with Crippen LogP contribution in [-0.2, 0) is 0 Å². The van der Waals surface area contributed by atoms with Crippen molar-refractivity contribution in [3.63, 3.8) is 0 Å². The van der Waals surface area contributed by atoms with Crippen LogP contribution in [-0.4, -0.2) is 37.0 Å². The van der Waals surface area contributed by atoms with Gasteiger partial charge in [0, 0.05) is 19.2 Å². The quantitative estimate of drug-likeness (QED) is 0.817. The molecule has 4 nitrogen and oxygen atoms in total. The average Bonchev–Trinajstić information content (AvgIpc) is 2.93. The third-order valence-corrected chi connectivity index (χ3v) is 3.71.